The number of nitrogens with one attached hydrogen (secondary N) is 1. The van der Waals surface area contributed by atoms with Crippen LogP contribution in [0.2, 0.25) is 0 Å². The van der Waals surface area contributed by atoms with E-state index in [0.717, 1.165) is 18.2 Å². The third-order valence-corrected chi connectivity index (χ3v) is 3.76. The van der Waals surface area contributed by atoms with Crippen molar-refractivity contribution in [2.24, 2.45) is 5.92 Å². The molecule has 1 aliphatic carbocycles. The average molecular weight is 276 g/mol. The molecule has 1 aromatic rings. The van der Waals surface area contributed by atoms with Gasteiger partial charge in [-0.1, -0.05) is 12.1 Å². The zero-order chi connectivity index (χ0) is 14.5. The van der Waals surface area contributed by atoms with E-state index in [1.807, 2.05) is 7.05 Å². The SMILES string of the molecule is CNC(CN(C)CC1CC1)c1ccc(OC(C)C)cc1. The molecule has 0 spiro atoms. The summed E-state index contributed by atoms with van der Waals surface area (Å²) in [6.07, 6.45) is 3.05. The van der Waals surface area contributed by atoms with Gasteiger partial charge in [0.2, 0.25) is 0 Å². The van der Waals surface area contributed by atoms with Crippen LogP contribution in [0.4, 0.5) is 0 Å². The topological polar surface area (TPSA) is 24.5 Å². The second-order valence-corrected chi connectivity index (χ2v) is 6.24. The Kier molecular flexibility index (Phi) is 5.44. The first-order chi connectivity index (χ1) is 9.58. The molecule has 0 amide bonds. The second kappa shape index (κ2) is 7.09. The Bertz CT molecular complexity index is 398. The lowest BCUT2D eigenvalue weighted by Gasteiger charge is -2.24. The molecule has 0 saturated heterocycles. The van der Waals surface area contributed by atoms with Gasteiger partial charge in [-0.3, -0.25) is 0 Å². The normalized spacial score (nSPS) is 16.7. The highest BCUT2D eigenvalue weighted by atomic mass is 16.5. The van der Waals surface area contributed by atoms with E-state index in [2.05, 4.69) is 55.4 Å². The summed E-state index contributed by atoms with van der Waals surface area (Å²) in [7, 11) is 4.26. The molecule has 1 atom stereocenters. The minimum absolute atomic E-state index is 0.227. The molecule has 1 N–H and O–H groups in total. The lowest BCUT2D eigenvalue weighted by Crippen LogP contribution is -2.32. The summed E-state index contributed by atoms with van der Waals surface area (Å²) in [5.41, 5.74) is 1.33. The molecule has 0 aliphatic heterocycles. The first-order valence-corrected chi connectivity index (χ1v) is 7.71. The van der Waals surface area contributed by atoms with E-state index in [1.165, 1.54) is 24.9 Å². The predicted molar refractivity (Wildman–Crippen MR) is 84.2 cm³/mol. The summed E-state index contributed by atoms with van der Waals surface area (Å²) in [6.45, 7) is 6.39. The number of likely N-dealkylation sites (N-methyl/N-ethyl adjacent to an activating group) is 2. The van der Waals surface area contributed by atoms with E-state index in [0.29, 0.717) is 6.04 Å². The highest BCUT2D eigenvalue weighted by Crippen LogP contribution is 2.29. The van der Waals surface area contributed by atoms with Crippen molar-refractivity contribution >= 4 is 0 Å². The maximum Gasteiger partial charge on any atom is 0.119 e. The van der Waals surface area contributed by atoms with Gasteiger partial charge in [-0.25, -0.2) is 0 Å². The van der Waals surface area contributed by atoms with Crippen molar-refractivity contribution in [1.29, 1.82) is 0 Å². The van der Waals surface area contributed by atoms with Crippen LogP contribution in [0.3, 0.4) is 0 Å². The molecule has 112 valence electrons. The number of hydrogen-bond acceptors (Lipinski definition) is 3. The number of rotatable bonds is 8. The molecular weight excluding hydrogens is 248 g/mol. The first kappa shape index (κ1) is 15.3. The molecule has 1 fully saturated rings. The molecule has 0 bridgehead atoms. The summed E-state index contributed by atoms with van der Waals surface area (Å²) in [5, 5.41) is 3.42. The van der Waals surface area contributed by atoms with Crippen LogP contribution in [-0.2, 0) is 0 Å². The van der Waals surface area contributed by atoms with E-state index in [9.17, 15) is 0 Å². The van der Waals surface area contributed by atoms with Crippen LogP contribution in [0.15, 0.2) is 24.3 Å². The quantitative estimate of drug-likeness (QED) is 0.789. The van der Waals surface area contributed by atoms with Gasteiger partial charge in [0.25, 0.3) is 0 Å². The zero-order valence-corrected chi connectivity index (χ0v) is 13.2. The molecule has 1 aliphatic rings. The zero-order valence-electron chi connectivity index (χ0n) is 13.2. The Morgan fingerprint density at radius 3 is 2.40 bits per heavy atom. The largest absolute Gasteiger partial charge is 0.491 e. The van der Waals surface area contributed by atoms with Crippen LogP contribution in [0.1, 0.15) is 38.3 Å². The minimum Gasteiger partial charge on any atom is -0.491 e. The molecule has 1 aromatic carbocycles. The van der Waals surface area contributed by atoms with Crippen molar-refractivity contribution in [3.63, 3.8) is 0 Å². The number of nitrogens with zero attached hydrogens (tertiary/aromatic N) is 1. The van der Waals surface area contributed by atoms with Gasteiger partial charge in [-0.05, 0) is 64.4 Å². The van der Waals surface area contributed by atoms with Gasteiger partial charge in [0.05, 0.1) is 6.10 Å². The highest BCUT2D eigenvalue weighted by molar-refractivity contribution is 5.29. The van der Waals surface area contributed by atoms with Gasteiger partial charge in [0.1, 0.15) is 5.75 Å². The van der Waals surface area contributed by atoms with Crippen LogP contribution >= 0.6 is 0 Å². The maximum absolute atomic E-state index is 5.69. The molecule has 3 heteroatoms. The van der Waals surface area contributed by atoms with Crippen molar-refractivity contribution in [3.05, 3.63) is 29.8 Å². The molecule has 3 nitrogen and oxygen atoms in total. The van der Waals surface area contributed by atoms with Crippen LogP contribution in [0.5, 0.6) is 5.75 Å². The highest BCUT2D eigenvalue weighted by Gasteiger charge is 2.23. The van der Waals surface area contributed by atoms with Crippen LogP contribution in [0, 0.1) is 5.92 Å². The van der Waals surface area contributed by atoms with E-state index in [1.54, 1.807) is 0 Å². The van der Waals surface area contributed by atoms with Crippen molar-refractivity contribution < 1.29 is 4.74 Å². The fraction of sp³-hybridized carbons (Fsp3) is 0.647. The Morgan fingerprint density at radius 2 is 1.90 bits per heavy atom. The predicted octanol–water partition coefficient (Wildman–Crippen LogP) is 3.08. The molecule has 0 aromatic heterocycles. The standard InChI is InChI=1S/C17H28N2O/c1-13(2)20-16-9-7-15(8-10-16)17(18-3)12-19(4)11-14-5-6-14/h7-10,13-14,17-18H,5-6,11-12H2,1-4H3. The second-order valence-electron chi connectivity index (χ2n) is 6.24. The van der Waals surface area contributed by atoms with Crippen molar-refractivity contribution in [1.82, 2.24) is 10.2 Å². The van der Waals surface area contributed by atoms with E-state index in [4.69, 9.17) is 4.74 Å². The van der Waals surface area contributed by atoms with Gasteiger partial charge < -0.3 is 15.0 Å². The van der Waals surface area contributed by atoms with Crippen molar-refractivity contribution in [2.45, 2.75) is 38.8 Å². The Morgan fingerprint density at radius 1 is 1.25 bits per heavy atom. The first-order valence-electron chi connectivity index (χ1n) is 7.71. The Labute approximate surface area is 123 Å². The monoisotopic (exact) mass is 276 g/mol. The third-order valence-electron chi connectivity index (χ3n) is 3.76. The average Bonchev–Trinajstić information content (AvgIpc) is 3.20. The Hall–Kier alpha value is -1.06. The van der Waals surface area contributed by atoms with Gasteiger partial charge in [0.15, 0.2) is 0 Å². The molecule has 2 rings (SSSR count). The Balaban J connectivity index is 1.91. The number of hydrogen-bond donors (Lipinski definition) is 1. The van der Waals surface area contributed by atoms with Gasteiger partial charge in [-0.15, -0.1) is 0 Å². The fourth-order valence-corrected chi connectivity index (χ4v) is 2.54. The van der Waals surface area contributed by atoms with E-state index < -0.39 is 0 Å². The lowest BCUT2D eigenvalue weighted by molar-refractivity contribution is 0.242. The van der Waals surface area contributed by atoms with Gasteiger partial charge in [-0.2, -0.15) is 0 Å². The van der Waals surface area contributed by atoms with E-state index in [-0.39, 0.29) is 6.10 Å². The lowest BCUT2D eigenvalue weighted by atomic mass is 10.1. The summed E-state index contributed by atoms with van der Waals surface area (Å²) in [4.78, 5) is 2.44. The fourth-order valence-electron chi connectivity index (χ4n) is 2.54. The smallest absolute Gasteiger partial charge is 0.119 e. The summed E-state index contributed by atoms with van der Waals surface area (Å²) < 4.78 is 5.69. The molecule has 0 heterocycles. The van der Waals surface area contributed by atoms with E-state index >= 15 is 0 Å². The third kappa shape index (κ3) is 4.80. The van der Waals surface area contributed by atoms with Crippen LogP contribution < -0.4 is 10.1 Å². The molecule has 1 saturated carbocycles. The van der Waals surface area contributed by atoms with Crippen molar-refractivity contribution in [3.8, 4) is 5.75 Å². The molecule has 0 radical (unpaired) electrons. The van der Waals surface area contributed by atoms with Crippen LogP contribution in [-0.4, -0.2) is 38.2 Å². The van der Waals surface area contributed by atoms with Gasteiger partial charge >= 0.3 is 0 Å². The number of benzene rings is 1. The molecule has 1 unspecified atom stereocenters. The summed E-state index contributed by atoms with van der Waals surface area (Å²) in [6, 6.07) is 8.86. The van der Waals surface area contributed by atoms with Crippen LogP contribution in [0.25, 0.3) is 0 Å². The van der Waals surface area contributed by atoms with Gasteiger partial charge in [0, 0.05) is 19.1 Å². The minimum atomic E-state index is 0.227. The molecule has 20 heavy (non-hydrogen) atoms. The summed E-state index contributed by atoms with van der Waals surface area (Å²) in [5.74, 6) is 1.89. The number of ether oxygens (including phenoxy) is 1. The molecular formula is C17H28N2O. The van der Waals surface area contributed by atoms with Crippen molar-refractivity contribution in [2.75, 3.05) is 27.2 Å². The summed E-state index contributed by atoms with van der Waals surface area (Å²) >= 11 is 0. The maximum atomic E-state index is 5.69.